The van der Waals surface area contributed by atoms with Crippen LogP contribution in [0.2, 0.25) is 0 Å². The van der Waals surface area contributed by atoms with Gasteiger partial charge in [0, 0.05) is 18.5 Å². The molecule has 0 aliphatic carbocycles. The summed E-state index contributed by atoms with van der Waals surface area (Å²) >= 11 is 0. The molecule has 4 heteroatoms. The molecule has 0 saturated heterocycles. The van der Waals surface area contributed by atoms with Gasteiger partial charge in [-0.05, 0) is 26.0 Å². The summed E-state index contributed by atoms with van der Waals surface area (Å²) in [7, 11) is 0. The van der Waals surface area contributed by atoms with E-state index in [1.54, 1.807) is 6.08 Å². The molecule has 0 aromatic heterocycles. The van der Waals surface area contributed by atoms with Crippen molar-refractivity contribution in [2.45, 2.75) is 26.3 Å². The third kappa shape index (κ3) is 6.38. The van der Waals surface area contributed by atoms with Crippen molar-refractivity contribution in [1.82, 2.24) is 5.32 Å². The normalized spacial score (nSPS) is 10.1. The van der Waals surface area contributed by atoms with Crippen molar-refractivity contribution in [3.8, 4) is 5.75 Å². The number of nitrogens with one attached hydrogen (secondary N) is 1. The van der Waals surface area contributed by atoms with Gasteiger partial charge in [0.05, 0.1) is 6.61 Å². The number of carbonyl (C=O) groups excluding carboxylic acids is 1. The molecule has 1 aromatic carbocycles. The molecule has 20 heavy (non-hydrogen) atoms. The Kier molecular flexibility index (Phi) is 8.15. The van der Waals surface area contributed by atoms with E-state index in [4.69, 9.17) is 9.47 Å². The van der Waals surface area contributed by atoms with Gasteiger partial charge >= 0.3 is 5.97 Å². The Hall–Kier alpha value is -1.81. The molecule has 0 amide bonds. The first kappa shape index (κ1) is 16.2. The highest BCUT2D eigenvalue weighted by Crippen LogP contribution is 2.17. The standard InChI is InChI=1S/C16H23NO3/c1-3-12-20-15-9-6-5-8-14(15)13-17-11-7-10-16(18)19-4-2/h3,5-6,8-9,17H,1,4,7,10-13H2,2H3. The van der Waals surface area contributed by atoms with Crippen LogP contribution in [-0.2, 0) is 16.1 Å². The fraction of sp³-hybridized carbons (Fsp3) is 0.438. The third-order valence-corrected chi connectivity index (χ3v) is 2.68. The highest BCUT2D eigenvalue weighted by atomic mass is 16.5. The first-order valence-electron chi connectivity index (χ1n) is 6.95. The van der Waals surface area contributed by atoms with Crippen LogP contribution in [0.25, 0.3) is 0 Å². The topological polar surface area (TPSA) is 47.6 Å². The Morgan fingerprint density at radius 1 is 1.40 bits per heavy atom. The lowest BCUT2D eigenvalue weighted by molar-refractivity contribution is -0.143. The van der Waals surface area contributed by atoms with E-state index in [1.165, 1.54) is 0 Å². The zero-order chi connectivity index (χ0) is 14.6. The quantitative estimate of drug-likeness (QED) is 0.406. The summed E-state index contributed by atoms with van der Waals surface area (Å²) in [6, 6.07) is 7.90. The molecule has 0 unspecified atom stereocenters. The van der Waals surface area contributed by atoms with Gasteiger partial charge in [-0.3, -0.25) is 4.79 Å². The van der Waals surface area contributed by atoms with Gasteiger partial charge in [0.25, 0.3) is 0 Å². The van der Waals surface area contributed by atoms with Gasteiger partial charge in [-0.2, -0.15) is 0 Å². The second-order valence-corrected chi connectivity index (χ2v) is 4.29. The molecule has 1 aromatic rings. The van der Waals surface area contributed by atoms with E-state index in [1.807, 2.05) is 31.2 Å². The van der Waals surface area contributed by atoms with Crippen LogP contribution in [0.1, 0.15) is 25.3 Å². The van der Waals surface area contributed by atoms with E-state index in [-0.39, 0.29) is 5.97 Å². The Labute approximate surface area is 120 Å². The van der Waals surface area contributed by atoms with Crippen LogP contribution in [-0.4, -0.2) is 25.7 Å². The van der Waals surface area contributed by atoms with Crippen LogP contribution in [0, 0.1) is 0 Å². The van der Waals surface area contributed by atoms with Crippen molar-refractivity contribution >= 4 is 5.97 Å². The lowest BCUT2D eigenvalue weighted by atomic mass is 10.2. The van der Waals surface area contributed by atoms with Gasteiger partial charge in [0.1, 0.15) is 12.4 Å². The van der Waals surface area contributed by atoms with Crippen LogP contribution >= 0.6 is 0 Å². The maximum Gasteiger partial charge on any atom is 0.305 e. The zero-order valence-corrected chi connectivity index (χ0v) is 12.1. The van der Waals surface area contributed by atoms with E-state index < -0.39 is 0 Å². The number of rotatable bonds is 10. The average molecular weight is 277 g/mol. The molecule has 1 rings (SSSR count). The minimum atomic E-state index is -0.135. The summed E-state index contributed by atoms with van der Waals surface area (Å²) in [5.41, 5.74) is 1.10. The maximum absolute atomic E-state index is 11.2. The summed E-state index contributed by atoms with van der Waals surface area (Å²) in [5, 5.41) is 3.30. The number of hydrogen-bond donors (Lipinski definition) is 1. The molecule has 0 atom stereocenters. The Bertz CT molecular complexity index is 418. The van der Waals surface area contributed by atoms with E-state index in [9.17, 15) is 4.79 Å². The van der Waals surface area contributed by atoms with Crippen molar-refractivity contribution in [1.29, 1.82) is 0 Å². The van der Waals surface area contributed by atoms with Crippen molar-refractivity contribution < 1.29 is 14.3 Å². The Balaban J connectivity index is 2.27. The fourth-order valence-corrected chi connectivity index (χ4v) is 1.75. The van der Waals surface area contributed by atoms with E-state index in [0.29, 0.717) is 19.6 Å². The zero-order valence-electron chi connectivity index (χ0n) is 12.1. The van der Waals surface area contributed by atoms with E-state index >= 15 is 0 Å². The first-order chi connectivity index (χ1) is 9.77. The number of ether oxygens (including phenoxy) is 2. The SMILES string of the molecule is C=CCOc1ccccc1CNCCCC(=O)OCC. The van der Waals surface area contributed by atoms with Gasteiger partial charge in [-0.15, -0.1) is 0 Å². The summed E-state index contributed by atoms with van der Waals surface area (Å²) in [6.07, 6.45) is 2.95. The molecule has 0 spiro atoms. The first-order valence-corrected chi connectivity index (χ1v) is 6.95. The van der Waals surface area contributed by atoms with Crippen molar-refractivity contribution in [3.63, 3.8) is 0 Å². The number of hydrogen-bond acceptors (Lipinski definition) is 4. The third-order valence-electron chi connectivity index (χ3n) is 2.68. The summed E-state index contributed by atoms with van der Waals surface area (Å²) in [5.74, 6) is 0.731. The fourth-order valence-electron chi connectivity index (χ4n) is 1.75. The summed E-state index contributed by atoms with van der Waals surface area (Å²) in [4.78, 5) is 11.2. The highest BCUT2D eigenvalue weighted by Gasteiger charge is 2.03. The van der Waals surface area contributed by atoms with Gasteiger partial charge in [0.2, 0.25) is 0 Å². The number of para-hydroxylation sites is 1. The lowest BCUT2D eigenvalue weighted by Gasteiger charge is -2.10. The molecule has 4 nitrogen and oxygen atoms in total. The minimum Gasteiger partial charge on any atom is -0.489 e. The maximum atomic E-state index is 11.2. The van der Waals surface area contributed by atoms with Crippen LogP contribution in [0.3, 0.4) is 0 Å². The van der Waals surface area contributed by atoms with Gasteiger partial charge in [-0.25, -0.2) is 0 Å². The van der Waals surface area contributed by atoms with Crippen molar-refractivity contribution in [2.24, 2.45) is 0 Å². The van der Waals surface area contributed by atoms with Crippen molar-refractivity contribution in [2.75, 3.05) is 19.8 Å². The Morgan fingerprint density at radius 3 is 2.95 bits per heavy atom. The number of benzene rings is 1. The van der Waals surface area contributed by atoms with Crippen LogP contribution in [0.5, 0.6) is 5.75 Å². The molecule has 0 radical (unpaired) electrons. The molecule has 0 heterocycles. The summed E-state index contributed by atoms with van der Waals surface area (Å²) < 4.78 is 10.5. The van der Waals surface area contributed by atoms with Crippen LogP contribution < -0.4 is 10.1 Å². The number of carbonyl (C=O) groups is 1. The lowest BCUT2D eigenvalue weighted by Crippen LogP contribution is -2.17. The monoisotopic (exact) mass is 277 g/mol. The van der Waals surface area contributed by atoms with Gasteiger partial charge < -0.3 is 14.8 Å². The molecular formula is C16H23NO3. The molecule has 0 bridgehead atoms. The molecular weight excluding hydrogens is 254 g/mol. The van der Waals surface area contributed by atoms with Crippen LogP contribution in [0.4, 0.5) is 0 Å². The van der Waals surface area contributed by atoms with Gasteiger partial charge in [-0.1, -0.05) is 30.9 Å². The average Bonchev–Trinajstić information content (AvgIpc) is 2.46. The van der Waals surface area contributed by atoms with Gasteiger partial charge in [0.15, 0.2) is 0 Å². The molecule has 0 fully saturated rings. The molecule has 110 valence electrons. The smallest absolute Gasteiger partial charge is 0.305 e. The molecule has 0 aliphatic heterocycles. The Morgan fingerprint density at radius 2 is 2.20 bits per heavy atom. The minimum absolute atomic E-state index is 0.135. The number of esters is 1. The van der Waals surface area contributed by atoms with Crippen LogP contribution in [0.15, 0.2) is 36.9 Å². The predicted molar refractivity (Wildman–Crippen MR) is 79.7 cm³/mol. The second-order valence-electron chi connectivity index (χ2n) is 4.29. The van der Waals surface area contributed by atoms with E-state index in [0.717, 1.165) is 30.8 Å². The highest BCUT2D eigenvalue weighted by molar-refractivity contribution is 5.69. The largest absolute Gasteiger partial charge is 0.489 e. The second kappa shape index (κ2) is 10.0. The van der Waals surface area contributed by atoms with Crippen molar-refractivity contribution in [3.05, 3.63) is 42.5 Å². The molecule has 0 saturated carbocycles. The molecule has 0 aliphatic rings. The predicted octanol–water partition coefficient (Wildman–Crippen LogP) is 2.68. The van der Waals surface area contributed by atoms with E-state index in [2.05, 4.69) is 11.9 Å². The molecule has 1 N–H and O–H groups in total. The summed E-state index contributed by atoms with van der Waals surface area (Å²) in [6.45, 7) is 7.89.